The second-order valence-electron chi connectivity index (χ2n) is 6.57. The number of hydrogen-bond donors (Lipinski definition) is 2. The number of anilines is 1. The topological polar surface area (TPSA) is 65.5 Å². The molecule has 0 saturated carbocycles. The van der Waals surface area contributed by atoms with Gasteiger partial charge in [-0.1, -0.05) is 18.2 Å². The average molecular weight is 406 g/mol. The maximum absolute atomic E-state index is 13.1. The molecule has 142 valence electrons. The molecule has 2 N–H and O–H groups in total. The molecule has 1 aromatic heterocycles. The van der Waals surface area contributed by atoms with Crippen LogP contribution in [0.2, 0.25) is 0 Å². The van der Waals surface area contributed by atoms with Gasteiger partial charge in [0, 0.05) is 16.5 Å². The minimum absolute atomic E-state index is 0. The standard InChI is InChI=1S/C20H19N3O2.2ClH/c1-11(23(2)3)21-19-14-6-4-5-7-16(14)22-18-13-9-8-12(24)10-15(13)20(25)17(18)19;;/h4-11,24H,1-3H3,(H,21,22);2*1H. The SMILES string of the molecule is CC(Nc1c2c(nc3ccccc13)-c1ccc(O)cc1C2=O)N(C)C.Cl.Cl. The van der Waals surface area contributed by atoms with E-state index in [2.05, 4.69) is 5.32 Å². The normalized spacial score (nSPS) is 12.8. The number of phenols is 1. The summed E-state index contributed by atoms with van der Waals surface area (Å²) in [6.07, 6.45) is 0.0415. The zero-order chi connectivity index (χ0) is 17.7. The zero-order valence-corrected chi connectivity index (χ0v) is 16.8. The fourth-order valence-corrected chi connectivity index (χ4v) is 3.18. The molecule has 27 heavy (non-hydrogen) atoms. The van der Waals surface area contributed by atoms with E-state index in [4.69, 9.17) is 4.98 Å². The van der Waals surface area contributed by atoms with Gasteiger partial charge in [0.1, 0.15) is 5.75 Å². The Morgan fingerprint density at radius 1 is 1.07 bits per heavy atom. The second-order valence-corrected chi connectivity index (χ2v) is 6.57. The van der Waals surface area contributed by atoms with Gasteiger partial charge in [-0.2, -0.15) is 0 Å². The molecular weight excluding hydrogens is 385 g/mol. The molecule has 0 saturated heterocycles. The molecule has 7 heteroatoms. The van der Waals surface area contributed by atoms with E-state index in [1.165, 1.54) is 6.07 Å². The highest BCUT2D eigenvalue weighted by molar-refractivity contribution is 6.26. The van der Waals surface area contributed by atoms with E-state index in [0.717, 1.165) is 22.2 Å². The van der Waals surface area contributed by atoms with Crippen molar-refractivity contribution in [3.8, 4) is 17.0 Å². The van der Waals surface area contributed by atoms with E-state index >= 15 is 0 Å². The number of fused-ring (bicyclic) bond motifs is 4. The van der Waals surface area contributed by atoms with Crippen LogP contribution in [0.25, 0.3) is 22.2 Å². The molecule has 2 aromatic carbocycles. The highest BCUT2D eigenvalue weighted by atomic mass is 35.5. The van der Waals surface area contributed by atoms with Crippen molar-refractivity contribution in [2.75, 3.05) is 19.4 Å². The molecule has 0 aliphatic heterocycles. The van der Waals surface area contributed by atoms with Crippen LogP contribution in [-0.4, -0.2) is 41.0 Å². The molecule has 3 aromatic rings. The van der Waals surface area contributed by atoms with Gasteiger partial charge in [0.05, 0.1) is 28.6 Å². The van der Waals surface area contributed by atoms with E-state index in [0.29, 0.717) is 16.8 Å². The van der Waals surface area contributed by atoms with Gasteiger partial charge < -0.3 is 10.4 Å². The molecule has 1 unspecified atom stereocenters. The van der Waals surface area contributed by atoms with Crippen LogP contribution < -0.4 is 5.32 Å². The predicted octanol–water partition coefficient (Wildman–Crippen LogP) is 4.31. The van der Waals surface area contributed by atoms with Gasteiger partial charge in [-0.25, -0.2) is 4.98 Å². The average Bonchev–Trinajstić information content (AvgIpc) is 2.86. The molecule has 0 fully saturated rings. The van der Waals surface area contributed by atoms with Crippen LogP contribution in [0.4, 0.5) is 5.69 Å². The summed E-state index contributed by atoms with van der Waals surface area (Å²) in [6.45, 7) is 2.04. The van der Waals surface area contributed by atoms with Crippen molar-refractivity contribution < 1.29 is 9.90 Å². The van der Waals surface area contributed by atoms with Crippen LogP contribution in [0, 0.1) is 0 Å². The van der Waals surface area contributed by atoms with Crippen LogP contribution >= 0.6 is 24.8 Å². The Hall–Kier alpha value is -2.34. The lowest BCUT2D eigenvalue weighted by Crippen LogP contribution is -2.32. The van der Waals surface area contributed by atoms with Crippen LogP contribution in [-0.2, 0) is 0 Å². The third kappa shape index (κ3) is 3.34. The number of halogens is 2. The van der Waals surface area contributed by atoms with Crippen molar-refractivity contribution in [1.29, 1.82) is 0 Å². The first kappa shape index (κ1) is 21.0. The number of ketones is 1. The lowest BCUT2D eigenvalue weighted by molar-refractivity contribution is 0.104. The monoisotopic (exact) mass is 405 g/mol. The molecule has 1 atom stereocenters. The first-order valence-corrected chi connectivity index (χ1v) is 8.21. The maximum atomic E-state index is 13.1. The predicted molar refractivity (Wildman–Crippen MR) is 114 cm³/mol. The maximum Gasteiger partial charge on any atom is 0.198 e. The first-order valence-electron chi connectivity index (χ1n) is 8.21. The number of hydrogen-bond acceptors (Lipinski definition) is 5. The molecule has 0 amide bonds. The Bertz CT molecular complexity index is 1020. The Kier molecular flexibility index (Phi) is 6.00. The van der Waals surface area contributed by atoms with Crippen LogP contribution in [0.3, 0.4) is 0 Å². The number of nitrogens with one attached hydrogen (secondary N) is 1. The molecule has 1 aliphatic rings. The van der Waals surface area contributed by atoms with Gasteiger partial charge in [0.25, 0.3) is 0 Å². The molecule has 0 bridgehead atoms. The third-order valence-corrected chi connectivity index (χ3v) is 4.75. The van der Waals surface area contributed by atoms with Crippen LogP contribution in [0.15, 0.2) is 42.5 Å². The fraction of sp³-hybridized carbons (Fsp3) is 0.200. The summed E-state index contributed by atoms with van der Waals surface area (Å²) in [5.41, 5.74) is 4.15. The Labute approximate surface area is 170 Å². The Balaban J connectivity index is 0.00000131. The molecule has 5 nitrogen and oxygen atoms in total. The summed E-state index contributed by atoms with van der Waals surface area (Å²) in [4.78, 5) is 19.8. The van der Waals surface area contributed by atoms with Gasteiger partial charge in [0.15, 0.2) is 5.78 Å². The number of carbonyl (C=O) groups excluding carboxylic acids is 1. The van der Waals surface area contributed by atoms with E-state index < -0.39 is 0 Å². The fourth-order valence-electron chi connectivity index (χ4n) is 3.18. The summed E-state index contributed by atoms with van der Waals surface area (Å²) in [6, 6.07) is 12.7. The van der Waals surface area contributed by atoms with Crippen molar-refractivity contribution in [1.82, 2.24) is 9.88 Å². The number of aromatic hydroxyl groups is 1. The van der Waals surface area contributed by atoms with Gasteiger partial charge in [-0.3, -0.25) is 9.69 Å². The summed E-state index contributed by atoms with van der Waals surface area (Å²) in [5.74, 6) is -0.0201. The van der Waals surface area contributed by atoms with Gasteiger partial charge in [-0.05, 0) is 45.3 Å². The van der Waals surface area contributed by atoms with Crippen molar-refractivity contribution in [3.05, 3.63) is 53.6 Å². The van der Waals surface area contributed by atoms with E-state index in [1.807, 2.05) is 50.2 Å². The van der Waals surface area contributed by atoms with Crippen molar-refractivity contribution in [3.63, 3.8) is 0 Å². The summed E-state index contributed by atoms with van der Waals surface area (Å²) >= 11 is 0. The summed E-state index contributed by atoms with van der Waals surface area (Å²) in [5, 5.41) is 14.2. The second kappa shape index (κ2) is 7.72. The van der Waals surface area contributed by atoms with Crippen LogP contribution in [0.5, 0.6) is 5.75 Å². The molecule has 0 spiro atoms. The first-order chi connectivity index (χ1) is 12.0. The lowest BCUT2D eigenvalue weighted by atomic mass is 10.0. The zero-order valence-electron chi connectivity index (χ0n) is 15.2. The number of phenolic OH excluding ortho intramolecular Hbond substituents is 1. The number of aromatic nitrogens is 1. The third-order valence-electron chi connectivity index (χ3n) is 4.75. The van der Waals surface area contributed by atoms with E-state index in [9.17, 15) is 9.90 Å². The summed E-state index contributed by atoms with van der Waals surface area (Å²) in [7, 11) is 3.96. The minimum atomic E-state index is -0.104. The smallest absolute Gasteiger partial charge is 0.198 e. The van der Waals surface area contributed by atoms with E-state index in [1.54, 1.807) is 12.1 Å². The molecule has 1 heterocycles. The molecule has 0 radical (unpaired) electrons. The number of carbonyl (C=O) groups is 1. The van der Waals surface area contributed by atoms with Gasteiger partial charge in [0.2, 0.25) is 0 Å². The Morgan fingerprint density at radius 2 is 1.78 bits per heavy atom. The molecular formula is C20H21Cl2N3O2. The minimum Gasteiger partial charge on any atom is -0.508 e. The number of para-hydroxylation sites is 1. The number of pyridine rings is 1. The number of rotatable bonds is 3. The van der Waals surface area contributed by atoms with Crippen molar-refractivity contribution >= 4 is 47.2 Å². The lowest BCUT2D eigenvalue weighted by Gasteiger charge is -2.24. The number of nitrogens with zero attached hydrogens (tertiary/aromatic N) is 2. The largest absolute Gasteiger partial charge is 0.508 e. The van der Waals surface area contributed by atoms with Crippen molar-refractivity contribution in [2.24, 2.45) is 0 Å². The van der Waals surface area contributed by atoms with Gasteiger partial charge >= 0.3 is 0 Å². The quantitative estimate of drug-likeness (QED) is 0.497. The molecule has 4 rings (SSSR count). The summed E-state index contributed by atoms with van der Waals surface area (Å²) < 4.78 is 0. The van der Waals surface area contributed by atoms with Crippen LogP contribution in [0.1, 0.15) is 22.8 Å². The highest BCUT2D eigenvalue weighted by Crippen LogP contribution is 2.43. The Morgan fingerprint density at radius 3 is 2.48 bits per heavy atom. The van der Waals surface area contributed by atoms with Crippen molar-refractivity contribution in [2.45, 2.75) is 13.1 Å². The molecule has 1 aliphatic carbocycles. The van der Waals surface area contributed by atoms with E-state index in [-0.39, 0.29) is 42.5 Å². The van der Waals surface area contributed by atoms with Gasteiger partial charge in [-0.15, -0.1) is 24.8 Å². The highest BCUT2D eigenvalue weighted by Gasteiger charge is 2.32. The number of benzene rings is 2.